The highest BCUT2D eigenvalue weighted by Crippen LogP contribution is 2.34. The highest BCUT2D eigenvalue weighted by Gasteiger charge is 2.27. The quantitative estimate of drug-likeness (QED) is 0.664. The minimum absolute atomic E-state index is 0.157. The number of carbonyl (C=O) groups is 1. The number of H-pyrrole nitrogens is 1. The maximum atomic E-state index is 11.4. The van der Waals surface area contributed by atoms with Crippen molar-refractivity contribution in [2.75, 3.05) is 6.61 Å². The first-order valence-electron chi connectivity index (χ1n) is 4.20. The fraction of sp³-hybridized carbons (Fsp3) is 0.375. The second-order valence-corrected chi connectivity index (χ2v) is 4.97. The molecule has 1 rings (SSSR count). The second-order valence-electron chi connectivity index (χ2n) is 2.69. The standard InChI is InChI=1S/C8H7Cl3N2O3/c1-2-16-6(15)4-3-12-7(8(9,10)11)13-5(4)14/h3H,2H2,1H3,(H,12,13,14). The molecule has 1 aromatic rings. The van der Waals surface area contributed by atoms with Crippen molar-refractivity contribution < 1.29 is 9.53 Å². The lowest BCUT2D eigenvalue weighted by Gasteiger charge is -2.09. The number of esters is 1. The molecule has 88 valence electrons. The number of alkyl halides is 3. The molecule has 0 fully saturated rings. The average molecular weight is 286 g/mol. The fourth-order valence-corrected chi connectivity index (χ4v) is 1.18. The Morgan fingerprint density at radius 1 is 1.56 bits per heavy atom. The number of hydrogen-bond donors (Lipinski definition) is 1. The molecular formula is C8H7Cl3N2O3. The summed E-state index contributed by atoms with van der Waals surface area (Å²) in [5.74, 6) is -0.928. The zero-order chi connectivity index (χ0) is 12.3. The van der Waals surface area contributed by atoms with Crippen molar-refractivity contribution in [2.24, 2.45) is 0 Å². The summed E-state index contributed by atoms with van der Waals surface area (Å²) >= 11 is 16.5. The molecular weight excluding hydrogens is 278 g/mol. The van der Waals surface area contributed by atoms with E-state index in [4.69, 9.17) is 34.8 Å². The third kappa shape index (κ3) is 3.10. The van der Waals surface area contributed by atoms with Gasteiger partial charge in [-0.2, -0.15) is 0 Å². The van der Waals surface area contributed by atoms with E-state index in [1.807, 2.05) is 0 Å². The molecule has 1 heterocycles. The van der Waals surface area contributed by atoms with Crippen LogP contribution in [-0.4, -0.2) is 22.5 Å². The fourth-order valence-electron chi connectivity index (χ4n) is 0.893. The van der Waals surface area contributed by atoms with E-state index in [9.17, 15) is 9.59 Å². The van der Waals surface area contributed by atoms with E-state index in [0.29, 0.717) is 0 Å². The summed E-state index contributed by atoms with van der Waals surface area (Å²) in [5.41, 5.74) is -0.949. The number of rotatable bonds is 2. The van der Waals surface area contributed by atoms with Crippen LogP contribution in [0.5, 0.6) is 0 Å². The summed E-state index contributed by atoms with van der Waals surface area (Å²) in [6.07, 6.45) is 1.01. The van der Waals surface area contributed by atoms with Crippen LogP contribution in [0, 0.1) is 0 Å². The van der Waals surface area contributed by atoms with Crippen molar-refractivity contribution in [3.8, 4) is 0 Å². The van der Waals surface area contributed by atoms with Gasteiger partial charge in [0, 0.05) is 6.20 Å². The van der Waals surface area contributed by atoms with Crippen LogP contribution in [0.15, 0.2) is 11.0 Å². The van der Waals surface area contributed by atoms with Crippen LogP contribution < -0.4 is 5.56 Å². The van der Waals surface area contributed by atoms with E-state index in [2.05, 4.69) is 14.7 Å². The molecule has 0 aliphatic heterocycles. The molecule has 16 heavy (non-hydrogen) atoms. The predicted molar refractivity (Wildman–Crippen MR) is 60.1 cm³/mol. The molecule has 0 bridgehead atoms. The monoisotopic (exact) mass is 284 g/mol. The molecule has 0 atom stereocenters. The van der Waals surface area contributed by atoms with Gasteiger partial charge in [-0.1, -0.05) is 34.8 Å². The van der Waals surface area contributed by atoms with Crippen molar-refractivity contribution in [1.29, 1.82) is 0 Å². The molecule has 5 nitrogen and oxygen atoms in total. The molecule has 0 saturated carbocycles. The smallest absolute Gasteiger partial charge is 0.345 e. The molecule has 0 aliphatic rings. The average Bonchev–Trinajstić information content (AvgIpc) is 2.16. The molecule has 0 aliphatic carbocycles. The predicted octanol–water partition coefficient (Wildman–Crippen LogP) is 1.77. The number of nitrogens with zero attached hydrogens (tertiary/aromatic N) is 1. The van der Waals surface area contributed by atoms with Crippen LogP contribution in [0.1, 0.15) is 23.1 Å². The Labute approximate surface area is 106 Å². The van der Waals surface area contributed by atoms with Crippen LogP contribution in [0.2, 0.25) is 0 Å². The molecule has 1 aromatic heterocycles. The van der Waals surface area contributed by atoms with E-state index < -0.39 is 15.3 Å². The maximum absolute atomic E-state index is 11.4. The van der Waals surface area contributed by atoms with Crippen molar-refractivity contribution in [1.82, 2.24) is 9.97 Å². The Bertz CT molecular complexity index is 453. The topological polar surface area (TPSA) is 72.0 Å². The number of ether oxygens (including phenoxy) is 1. The van der Waals surface area contributed by atoms with Gasteiger partial charge in [0.2, 0.25) is 3.79 Å². The normalized spacial score (nSPS) is 11.2. The van der Waals surface area contributed by atoms with E-state index in [1.54, 1.807) is 6.92 Å². The maximum Gasteiger partial charge on any atom is 0.345 e. The van der Waals surface area contributed by atoms with E-state index >= 15 is 0 Å². The number of halogens is 3. The van der Waals surface area contributed by atoms with Gasteiger partial charge in [-0.15, -0.1) is 0 Å². The number of carbonyl (C=O) groups excluding carboxylic acids is 1. The Balaban J connectivity index is 3.11. The third-order valence-corrected chi connectivity index (χ3v) is 2.10. The summed E-state index contributed by atoms with van der Waals surface area (Å²) in [4.78, 5) is 28.5. The minimum Gasteiger partial charge on any atom is -0.462 e. The Morgan fingerprint density at radius 2 is 2.19 bits per heavy atom. The molecule has 0 unspecified atom stereocenters. The Kier molecular flexibility index (Phi) is 4.18. The van der Waals surface area contributed by atoms with Crippen molar-refractivity contribution >= 4 is 40.8 Å². The zero-order valence-electron chi connectivity index (χ0n) is 8.09. The minimum atomic E-state index is -1.84. The Morgan fingerprint density at radius 3 is 2.62 bits per heavy atom. The number of aromatic amines is 1. The van der Waals surface area contributed by atoms with Crippen LogP contribution >= 0.6 is 34.8 Å². The van der Waals surface area contributed by atoms with Gasteiger partial charge in [0.15, 0.2) is 5.82 Å². The van der Waals surface area contributed by atoms with Crippen LogP contribution in [-0.2, 0) is 8.53 Å². The second kappa shape index (κ2) is 5.03. The molecule has 1 N–H and O–H groups in total. The molecule has 0 aromatic carbocycles. The third-order valence-electron chi connectivity index (χ3n) is 1.56. The first kappa shape index (κ1) is 13.3. The molecule has 0 radical (unpaired) electrons. The largest absolute Gasteiger partial charge is 0.462 e. The number of hydrogen-bond acceptors (Lipinski definition) is 4. The van der Waals surface area contributed by atoms with E-state index in [0.717, 1.165) is 6.20 Å². The van der Waals surface area contributed by atoms with Gasteiger partial charge in [0.25, 0.3) is 5.56 Å². The highest BCUT2D eigenvalue weighted by molar-refractivity contribution is 6.66. The Hall–Kier alpha value is -0.780. The summed E-state index contributed by atoms with van der Waals surface area (Å²) in [6, 6.07) is 0. The van der Waals surface area contributed by atoms with Crippen LogP contribution in [0.3, 0.4) is 0 Å². The lowest BCUT2D eigenvalue weighted by atomic mass is 10.3. The highest BCUT2D eigenvalue weighted by atomic mass is 35.6. The lowest BCUT2D eigenvalue weighted by Crippen LogP contribution is -2.24. The number of aromatic nitrogens is 2. The summed E-state index contributed by atoms with van der Waals surface area (Å²) in [5, 5.41) is 0. The van der Waals surface area contributed by atoms with E-state index in [1.165, 1.54) is 0 Å². The van der Waals surface area contributed by atoms with Gasteiger partial charge in [-0.3, -0.25) is 4.79 Å². The van der Waals surface area contributed by atoms with Gasteiger partial charge in [-0.25, -0.2) is 9.78 Å². The SMILES string of the molecule is CCOC(=O)c1cnc(C(Cl)(Cl)Cl)[nH]c1=O. The van der Waals surface area contributed by atoms with Crippen LogP contribution in [0.4, 0.5) is 0 Å². The molecule has 0 amide bonds. The zero-order valence-corrected chi connectivity index (χ0v) is 10.4. The van der Waals surface area contributed by atoms with Crippen LogP contribution in [0.25, 0.3) is 0 Å². The van der Waals surface area contributed by atoms with Gasteiger partial charge >= 0.3 is 5.97 Å². The summed E-state index contributed by atoms with van der Waals surface area (Å²) in [6.45, 7) is 1.78. The first-order valence-corrected chi connectivity index (χ1v) is 5.33. The van der Waals surface area contributed by atoms with Crippen molar-refractivity contribution in [3.05, 3.63) is 27.9 Å². The summed E-state index contributed by atoms with van der Waals surface area (Å²) < 4.78 is 2.80. The van der Waals surface area contributed by atoms with Crippen molar-refractivity contribution in [3.63, 3.8) is 0 Å². The first-order chi connectivity index (χ1) is 7.36. The van der Waals surface area contributed by atoms with Gasteiger partial charge in [0.1, 0.15) is 5.56 Å². The molecule has 0 spiro atoms. The summed E-state index contributed by atoms with van der Waals surface area (Å²) in [7, 11) is 0. The van der Waals surface area contributed by atoms with E-state index in [-0.39, 0.29) is 18.0 Å². The van der Waals surface area contributed by atoms with Gasteiger partial charge in [0.05, 0.1) is 6.61 Å². The lowest BCUT2D eigenvalue weighted by molar-refractivity contribution is 0.0523. The molecule has 0 saturated heterocycles. The van der Waals surface area contributed by atoms with Gasteiger partial charge in [-0.05, 0) is 6.92 Å². The number of nitrogens with one attached hydrogen (secondary N) is 1. The van der Waals surface area contributed by atoms with Crippen molar-refractivity contribution in [2.45, 2.75) is 10.7 Å². The molecule has 8 heteroatoms. The van der Waals surface area contributed by atoms with Gasteiger partial charge < -0.3 is 9.72 Å².